The van der Waals surface area contributed by atoms with Gasteiger partial charge in [-0.3, -0.25) is 14.5 Å². The van der Waals surface area contributed by atoms with E-state index in [2.05, 4.69) is 10.00 Å². The fraction of sp³-hybridized carbons (Fsp3) is 0.500. The molecule has 0 unspecified atom stereocenters. The highest BCUT2D eigenvalue weighted by Gasteiger charge is 2.25. The summed E-state index contributed by atoms with van der Waals surface area (Å²) in [5, 5.41) is 4.39. The molecule has 1 aromatic carbocycles. The first-order valence-electron chi connectivity index (χ1n) is 10.6. The number of rotatable bonds is 6. The third-order valence-corrected chi connectivity index (χ3v) is 5.73. The molecular formula is C22H29N5O3. The average Bonchev–Trinajstić information content (AvgIpc) is 3.28. The maximum absolute atomic E-state index is 12.6. The van der Waals surface area contributed by atoms with Crippen molar-refractivity contribution in [2.45, 2.75) is 12.8 Å². The first-order valence-corrected chi connectivity index (χ1v) is 10.6. The first kappa shape index (κ1) is 20.6. The van der Waals surface area contributed by atoms with Gasteiger partial charge in [-0.25, -0.2) is 4.68 Å². The monoisotopic (exact) mass is 411 g/mol. The van der Waals surface area contributed by atoms with Gasteiger partial charge < -0.3 is 14.5 Å². The Kier molecular flexibility index (Phi) is 6.76. The molecule has 3 heterocycles. The van der Waals surface area contributed by atoms with E-state index < -0.39 is 0 Å². The molecule has 160 valence electrons. The maximum Gasteiger partial charge on any atom is 0.236 e. The lowest BCUT2D eigenvalue weighted by molar-refractivity contribution is -0.140. The Bertz CT molecular complexity index is 839. The molecule has 2 aliphatic heterocycles. The van der Waals surface area contributed by atoms with Crippen LogP contribution in [0.2, 0.25) is 0 Å². The SMILES string of the molecule is O=C(CCc1cnn(-c2ccccc2)c1)N1CCN(C(=O)CN2CCOCC2)CC1. The molecule has 2 aliphatic rings. The summed E-state index contributed by atoms with van der Waals surface area (Å²) in [5.41, 5.74) is 2.06. The second kappa shape index (κ2) is 9.86. The molecule has 0 saturated carbocycles. The van der Waals surface area contributed by atoms with E-state index in [1.54, 1.807) is 0 Å². The minimum atomic E-state index is 0.141. The minimum absolute atomic E-state index is 0.141. The summed E-state index contributed by atoms with van der Waals surface area (Å²) in [7, 11) is 0. The molecule has 0 bridgehead atoms. The summed E-state index contributed by atoms with van der Waals surface area (Å²) < 4.78 is 7.16. The van der Waals surface area contributed by atoms with Crippen LogP contribution in [0.15, 0.2) is 42.7 Å². The zero-order valence-electron chi connectivity index (χ0n) is 17.3. The Morgan fingerprint density at radius 2 is 1.57 bits per heavy atom. The molecule has 2 fully saturated rings. The molecule has 2 saturated heterocycles. The van der Waals surface area contributed by atoms with Crippen LogP contribution in [0, 0.1) is 0 Å². The molecule has 30 heavy (non-hydrogen) atoms. The summed E-state index contributed by atoms with van der Waals surface area (Å²) in [4.78, 5) is 31.0. The normalized spacial score (nSPS) is 17.9. The van der Waals surface area contributed by atoms with Crippen LogP contribution < -0.4 is 0 Å². The highest BCUT2D eigenvalue weighted by molar-refractivity contribution is 5.79. The lowest BCUT2D eigenvalue weighted by Crippen LogP contribution is -2.53. The van der Waals surface area contributed by atoms with Gasteiger partial charge in [-0.2, -0.15) is 5.10 Å². The molecule has 0 radical (unpaired) electrons. The van der Waals surface area contributed by atoms with E-state index >= 15 is 0 Å². The summed E-state index contributed by atoms with van der Waals surface area (Å²) in [5.74, 6) is 0.292. The van der Waals surface area contributed by atoms with Crippen molar-refractivity contribution in [1.29, 1.82) is 0 Å². The molecule has 4 rings (SSSR count). The number of morpholine rings is 1. The second-order valence-corrected chi connectivity index (χ2v) is 7.78. The van der Waals surface area contributed by atoms with Crippen molar-refractivity contribution in [2.24, 2.45) is 0 Å². The Hall–Kier alpha value is -2.71. The van der Waals surface area contributed by atoms with Crippen LogP contribution in [0.4, 0.5) is 0 Å². The van der Waals surface area contributed by atoms with Crippen molar-refractivity contribution in [3.63, 3.8) is 0 Å². The Morgan fingerprint density at radius 3 is 2.27 bits per heavy atom. The third kappa shape index (κ3) is 5.25. The predicted octanol–water partition coefficient (Wildman–Crippen LogP) is 0.808. The molecule has 8 nitrogen and oxygen atoms in total. The minimum Gasteiger partial charge on any atom is -0.379 e. The van der Waals surface area contributed by atoms with Gasteiger partial charge in [0.05, 0.1) is 31.6 Å². The van der Waals surface area contributed by atoms with E-state index in [-0.39, 0.29) is 11.8 Å². The van der Waals surface area contributed by atoms with E-state index in [4.69, 9.17) is 4.74 Å². The molecule has 8 heteroatoms. The zero-order valence-corrected chi connectivity index (χ0v) is 17.3. The second-order valence-electron chi connectivity index (χ2n) is 7.78. The quantitative estimate of drug-likeness (QED) is 0.704. The number of nitrogens with zero attached hydrogens (tertiary/aromatic N) is 5. The molecule has 0 N–H and O–H groups in total. The predicted molar refractivity (Wildman–Crippen MR) is 112 cm³/mol. The van der Waals surface area contributed by atoms with Crippen LogP contribution in [0.3, 0.4) is 0 Å². The fourth-order valence-electron chi connectivity index (χ4n) is 3.88. The number of carbonyl (C=O) groups excluding carboxylic acids is 2. The maximum atomic E-state index is 12.6. The number of aryl methyl sites for hydroxylation is 1. The standard InChI is InChI=1S/C22H29N5O3/c28-21(7-6-19-16-23-27(17-19)20-4-2-1-3-5-20)25-8-10-26(11-9-25)22(29)18-24-12-14-30-15-13-24/h1-5,16-17H,6-15,18H2. The summed E-state index contributed by atoms with van der Waals surface area (Å²) >= 11 is 0. The smallest absolute Gasteiger partial charge is 0.236 e. The van der Waals surface area contributed by atoms with Crippen LogP contribution in [0.25, 0.3) is 5.69 Å². The topological polar surface area (TPSA) is 70.9 Å². The molecular weight excluding hydrogens is 382 g/mol. The highest BCUT2D eigenvalue weighted by atomic mass is 16.5. The van der Waals surface area contributed by atoms with Gasteiger partial charge in [-0.1, -0.05) is 18.2 Å². The molecule has 0 spiro atoms. The van der Waals surface area contributed by atoms with Crippen molar-refractivity contribution in [2.75, 3.05) is 59.0 Å². The van der Waals surface area contributed by atoms with Crippen LogP contribution in [0.5, 0.6) is 0 Å². The lowest BCUT2D eigenvalue weighted by Gasteiger charge is -2.36. The van der Waals surface area contributed by atoms with Gasteiger partial charge in [0.1, 0.15) is 0 Å². The van der Waals surface area contributed by atoms with Crippen LogP contribution in [-0.4, -0.2) is 95.3 Å². The number of ether oxygens (including phenoxy) is 1. The summed E-state index contributed by atoms with van der Waals surface area (Å²) in [6.07, 6.45) is 4.93. The van der Waals surface area contributed by atoms with Crippen molar-refractivity contribution in [1.82, 2.24) is 24.5 Å². The average molecular weight is 412 g/mol. The molecule has 1 aromatic heterocycles. The highest BCUT2D eigenvalue weighted by Crippen LogP contribution is 2.11. The number of benzene rings is 1. The number of aromatic nitrogens is 2. The largest absolute Gasteiger partial charge is 0.379 e. The number of carbonyl (C=O) groups is 2. The van der Waals surface area contributed by atoms with Gasteiger partial charge in [0.15, 0.2) is 0 Å². The number of amides is 2. The molecule has 2 amide bonds. The third-order valence-electron chi connectivity index (χ3n) is 5.73. The summed E-state index contributed by atoms with van der Waals surface area (Å²) in [6, 6.07) is 9.93. The van der Waals surface area contributed by atoms with Gasteiger partial charge >= 0.3 is 0 Å². The Balaban J connectivity index is 1.20. The number of hydrogen-bond acceptors (Lipinski definition) is 5. The Labute approximate surface area is 177 Å². The number of hydrogen-bond donors (Lipinski definition) is 0. The van der Waals surface area contributed by atoms with Crippen LogP contribution in [-0.2, 0) is 20.7 Å². The number of piperazine rings is 1. The first-order chi connectivity index (χ1) is 14.7. The van der Waals surface area contributed by atoms with Crippen molar-refractivity contribution < 1.29 is 14.3 Å². The molecule has 0 atom stereocenters. The van der Waals surface area contributed by atoms with E-state index in [9.17, 15) is 9.59 Å². The van der Waals surface area contributed by atoms with Gasteiger partial charge in [0.25, 0.3) is 0 Å². The van der Waals surface area contributed by atoms with Crippen LogP contribution >= 0.6 is 0 Å². The van der Waals surface area contributed by atoms with E-state index in [0.29, 0.717) is 58.8 Å². The van der Waals surface area contributed by atoms with Crippen molar-refractivity contribution in [3.8, 4) is 5.69 Å². The van der Waals surface area contributed by atoms with Gasteiger partial charge in [-0.05, 0) is 24.1 Å². The van der Waals surface area contributed by atoms with Crippen LogP contribution in [0.1, 0.15) is 12.0 Å². The van der Waals surface area contributed by atoms with E-state index in [1.165, 1.54) is 0 Å². The lowest BCUT2D eigenvalue weighted by atomic mass is 10.1. The molecule has 0 aliphatic carbocycles. The van der Waals surface area contributed by atoms with Gasteiger partial charge in [0.2, 0.25) is 11.8 Å². The Morgan fingerprint density at radius 1 is 0.900 bits per heavy atom. The molecule has 2 aromatic rings. The summed E-state index contributed by atoms with van der Waals surface area (Å²) in [6.45, 7) is 5.90. The van der Waals surface area contributed by atoms with Gasteiger partial charge in [-0.15, -0.1) is 0 Å². The van der Waals surface area contributed by atoms with Crippen molar-refractivity contribution >= 4 is 11.8 Å². The van der Waals surface area contributed by atoms with E-state index in [1.807, 2.05) is 57.2 Å². The van der Waals surface area contributed by atoms with Crippen molar-refractivity contribution in [3.05, 3.63) is 48.3 Å². The zero-order chi connectivity index (χ0) is 20.8. The van der Waals surface area contributed by atoms with E-state index in [0.717, 1.165) is 24.3 Å². The fourth-order valence-corrected chi connectivity index (χ4v) is 3.88. The number of para-hydroxylation sites is 1. The van der Waals surface area contributed by atoms with Gasteiger partial charge in [0, 0.05) is 51.9 Å².